The second kappa shape index (κ2) is 4.81. The van der Waals surface area contributed by atoms with Gasteiger partial charge in [-0.25, -0.2) is 4.39 Å². The second-order valence-electron chi connectivity index (χ2n) is 3.91. The molecule has 0 saturated carbocycles. The highest BCUT2D eigenvalue weighted by molar-refractivity contribution is 6.33. The topological polar surface area (TPSA) is 65.1 Å². The predicted molar refractivity (Wildman–Crippen MR) is 68.7 cm³/mol. The molecule has 0 fully saturated rings. The molecule has 19 heavy (non-hydrogen) atoms. The van der Waals surface area contributed by atoms with Gasteiger partial charge in [-0.15, -0.1) is 0 Å². The highest BCUT2D eigenvalue weighted by Crippen LogP contribution is 2.31. The summed E-state index contributed by atoms with van der Waals surface area (Å²) in [6.07, 6.45) is 1.34. The van der Waals surface area contributed by atoms with Gasteiger partial charge in [-0.05, 0) is 6.07 Å². The van der Waals surface area contributed by atoms with Crippen LogP contribution in [0.15, 0.2) is 35.3 Å². The van der Waals surface area contributed by atoms with Gasteiger partial charge in [0.25, 0.3) is 11.2 Å². The summed E-state index contributed by atoms with van der Waals surface area (Å²) in [5, 5.41) is 10.7. The van der Waals surface area contributed by atoms with Gasteiger partial charge in [-0.2, -0.15) is 0 Å². The van der Waals surface area contributed by atoms with E-state index in [2.05, 4.69) is 0 Å². The summed E-state index contributed by atoms with van der Waals surface area (Å²) >= 11 is 5.89. The molecule has 0 saturated heterocycles. The van der Waals surface area contributed by atoms with Crippen molar-refractivity contribution in [3.8, 4) is 11.1 Å². The molecule has 5 nitrogen and oxygen atoms in total. The fourth-order valence-corrected chi connectivity index (χ4v) is 1.88. The van der Waals surface area contributed by atoms with Crippen LogP contribution in [0.1, 0.15) is 0 Å². The average Bonchev–Trinajstić information content (AvgIpc) is 2.34. The molecule has 0 bridgehead atoms. The van der Waals surface area contributed by atoms with E-state index in [1.807, 2.05) is 0 Å². The number of nitro benzene ring substituents is 1. The van der Waals surface area contributed by atoms with Crippen molar-refractivity contribution in [2.24, 2.45) is 7.05 Å². The van der Waals surface area contributed by atoms with Gasteiger partial charge in [-0.1, -0.05) is 11.6 Å². The van der Waals surface area contributed by atoms with Crippen molar-refractivity contribution in [2.45, 2.75) is 0 Å². The van der Waals surface area contributed by atoms with Gasteiger partial charge in [0.05, 0.1) is 9.95 Å². The van der Waals surface area contributed by atoms with Crippen molar-refractivity contribution in [1.29, 1.82) is 0 Å². The highest BCUT2D eigenvalue weighted by atomic mass is 35.5. The Bertz CT molecular complexity index is 727. The molecular weight excluding hydrogens is 275 g/mol. The number of hydrogen-bond acceptors (Lipinski definition) is 3. The van der Waals surface area contributed by atoms with Gasteiger partial charge < -0.3 is 4.57 Å². The summed E-state index contributed by atoms with van der Waals surface area (Å²) in [5.74, 6) is -0.647. The standard InChI is InChI=1S/C12H8ClFN2O3/c1-15-6-9(10(13)5-12(15)17)8-4-7(16(18)19)2-3-11(8)14/h2-6H,1H3. The molecular formula is C12H8ClFN2O3. The molecule has 2 rings (SSSR count). The molecule has 0 N–H and O–H groups in total. The van der Waals surface area contributed by atoms with Gasteiger partial charge in [0.1, 0.15) is 5.82 Å². The van der Waals surface area contributed by atoms with Crippen LogP contribution in [0.2, 0.25) is 5.02 Å². The van der Waals surface area contributed by atoms with Crippen LogP contribution in [0.5, 0.6) is 0 Å². The van der Waals surface area contributed by atoms with E-state index in [4.69, 9.17) is 11.6 Å². The van der Waals surface area contributed by atoms with E-state index in [-0.39, 0.29) is 27.4 Å². The maximum atomic E-state index is 13.8. The Balaban J connectivity index is 2.71. The van der Waals surface area contributed by atoms with E-state index >= 15 is 0 Å². The first-order valence-corrected chi connectivity index (χ1v) is 5.58. The number of non-ortho nitro benzene ring substituents is 1. The van der Waals surface area contributed by atoms with Crippen LogP contribution in [0.3, 0.4) is 0 Å². The summed E-state index contributed by atoms with van der Waals surface area (Å²) in [4.78, 5) is 21.4. The number of benzene rings is 1. The number of aryl methyl sites for hydroxylation is 1. The Morgan fingerprint density at radius 3 is 2.63 bits per heavy atom. The Morgan fingerprint density at radius 2 is 2.00 bits per heavy atom. The zero-order valence-corrected chi connectivity index (χ0v) is 10.5. The van der Waals surface area contributed by atoms with Gasteiger partial charge in [0.15, 0.2) is 0 Å². The number of nitrogens with zero attached hydrogens (tertiary/aromatic N) is 2. The van der Waals surface area contributed by atoms with Crippen LogP contribution >= 0.6 is 11.6 Å². The van der Waals surface area contributed by atoms with Crippen molar-refractivity contribution in [2.75, 3.05) is 0 Å². The molecule has 0 aliphatic heterocycles. The maximum absolute atomic E-state index is 13.8. The molecule has 1 heterocycles. The number of hydrogen-bond donors (Lipinski definition) is 0. The third-order valence-electron chi connectivity index (χ3n) is 2.63. The van der Waals surface area contributed by atoms with Crippen LogP contribution < -0.4 is 5.56 Å². The van der Waals surface area contributed by atoms with Gasteiger partial charge in [0.2, 0.25) is 0 Å². The molecule has 98 valence electrons. The fraction of sp³-hybridized carbons (Fsp3) is 0.0833. The van der Waals surface area contributed by atoms with Crippen LogP contribution in [0.25, 0.3) is 11.1 Å². The Morgan fingerprint density at radius 1 is 1.32 bits per heavy atom. The van der Waals surface area contributed by atoms with E-state index in [0.29, 0.717) is 0 Å². The van der Waals surface area contributed by atoms with Crippen molar-refractivity contribution < 1.29 is 9.31 Å². The number of aromatic nitrogens is 1. The monoisotopic (exact) mass is 282 g/mol. The van der Waals surface area contributed by atoms with E-state index in [1.54, 1.807) is 0 Å². The summed E-state index contributed by atoms with van der Waals surface area (Å²) in [5.41, 5.74) is -0.388. The minimum atomic E-state index is -0.647. The van der Waals surface area contributed by atoms with Crippen molar-refractivity contribution >= 4 is 17.3 Å². The minimum absolute atomic E-state index is 0.0187. The first-order valence-electron chi connectivity index (χ1n) is 5.20. The Kier molecular flexibility index (Phi) is 3.35. The number of rotatable bonds is 2. The van der Waals surface area contributed by atoms with Crippen LogP contribution in [-0.2, 0) is 7.05 Å². The Labute approximate surface area is 112 Å². The largest absolute Gasteiger partial charge is 0.318 e. The smallest absolute Gasteiger partial charge is 0.270 e. The Hall–Kier alpha value is -2.21. The third kappa shape index (κ3) is 2.48. The van der Waals surface area contributed by atoms with E-state index in [0.717, 1.165) is 24.3 Å². The van der Waals surface area contributed by atoms with E-state index < -0.39 is 10.7 Å². The van der Waals surface area contributed by atoms with Gasteiger partial charge in [0, 0.05) is 42.6 Å². The number of pyridine rings is 1. The van der Waals surface area contributed by atoms with Crippen molar-refractivity contribution in [3.05, 3.63) is 61.8 Å². The summed E-state index contributed by atoms with van der Waals surface area (Å²) in [6.45, 7) is 0. The predicted octanol–water partition coefficient (Wildman–Crippen LogP) is 2.75. The van der Waals surface area contributed by atoms with Gasteiger partial charge >= 0.3 is 0 Å². The molecule has 0 unspecified atom stereocenters. The van der Waals surface area contributed by atoms with Gasteiger partial charge in [-0.3, -0.25) is 14.9 Å². The first-order chi connectivity index (χ1) is 8.90. The molecule has 0 radical (unpaired) electrons. The lowest BCUT2D eigenvalue weighted by molar-refractivity contribution is -0.384. The normalized spacial score (nSPS) is 10.5. The van der Waals surface area contributed by atoms with E-state index in [9.17, 15) is 19.3 Å². The molecule has 0 amide bonds. The molecule has 1 aromatic heterocycles. The van der Waals surface area contributed by atoms with Crippen LogP contribution in [-0.4, -0.2) is 9.49 Å². The molecule has 0 atom stereocenters. The average molecular weight is 283 g/mol. The van der Waals surface area contributed by atoms with Crippen molar-refractivity contribution in [3.63, 3.8) is 0 Å². The highest BCUT2D eigenvalue weighted by Gasteiger charge is 2.15. The lowest BCUT2D eigenvalue weighted by Crippen LogP contribution is -2.14. The minimum Gasteiger partial charge on any atom is -0.318 e. The molecule has 0 aliphatic rings. The third-order valence-corrected chi connectivity index (χ3v) is 2.94. The maximum Gasteiger partial charge on any atom is 0.270 e. The molecule has 7 heteroatoms. The quantitative estimate of drug-likeness (QED) is 0.628. The summed E-state index contributed by atoms with van der Waals surface area (Å²) in [7, 11) is 1.48. The lowest BCUT2D eigenvalue weighted by Gasteiger charge is -2.07. The van der Waals surface area contributed by atoms with E-state index in [1.165, 1.54) is 17.8 Å². The molecule has 2 aromatic rings. The number of nitro groups is 1. The first kappa shape index (κ1) is 13.2. The van der Waals surface area contributed by atoms with Crippen LogP contribution in [0.4, 0.5) is 10.1 Å². The summed E-state index contributed by atoms with van der Waals surface area (Å²) < 4.78 is 15.0. The van der Waals surface area contributed by atoms with Crippen molar-refractivity contribution in [1.82, 2.24) is 4.57 Å². The lowest BCUT2D eigenvalue weighted by atomic mass is 10.1. The fourth-order valence-electron chi connectivity index (χ4n) is 1.64. The van der Waals surface area contributed by atoms with Crippen LogP contribution in [0, 0.1) is 15.9 Å². The number of halogens is 2. The molecule has 1 aromatic carbocycles. The second-order valence-corrected chi connectivity index (χ2v) is 4.31. The SMILES string of the molecule is Cn1cc(-c2cc([N+](=O)[O-])ccc2F)c(Cl)cc1=O. The summed E-state index contributed by atoms with van der Waals surface area (Å²) in [6, 6.07) is 4.28. The zero-order valence-electron chi connectivity index (χ0n) is 9.76. The zero-order chi connectivity index (χ0) is 14.2. The molecule has 0 spiro atoms. The molecule has 0 aliphatic carbocycles.